The minimum Gasteiger partial charge on any atom is -0.388 e. The lowest BCUT2D eigenvalue weighted by atomic mass is 10.3. The third kappa shape index (κ3) is 1.64. The molecule has 0 bridgehead atoms. The molecule has 0 aliphatic carbocycles. The molecule has 72 valence electrons. The van der Waals surface area contributed by atoms with Gasteiger partial charge in [-0.1, -0.05) is 17.7 Å². The summed E-state index contributed by atoms with van der Waals surface area (Å²) in [5.41, 5.74) is 0.902. The summed E-state index contributed by atoms with van der Waals surface area (Å²) >= 11 is 5.86. The second kappa shape index (κ2) is 3.82. The number of imidazole rings is 1. The molecule has 0 aliphatic rings. The van der Waals surface area contributed by atoms with Crippen LogP contribution < -0.4 is 0 Å². The molecule has 0 saturated carbocycles. The number of hydrogen-bond donors (Lipinski definition) is 1. The van der Waals surface area contributed by atoms with Crippen LogP contribution in [0.25, 0.3) is 5.69 Å². The fraction of sp³-hybridized carbons (Fsp3) is 0.100. The highest BCUT2D eigenvalue weighted by Gasteiger charge is 2.03. The predicted octanol–water partition coefficient (Wildman–Crippen LogP) is 2.02. The van der Waals surface area contributed by atoms with E-state index in [0.717, 1.165) is 5.69 Å². The Labute approximate surface area is 86.6 Å². The number of aliphatic hydroxyl groups is 1. The largest absolute Gasteiger partial charge is 0.388 e. The van der Waals surface area contributed by atoms with Gasteiger partial charge in [0.2, 0.25) is 0 Å². The zero-order valence-corrected chi connectivity index (χ0v) is 8.15. The van der Waals surface area contributed by atoms with Crippen molar-refractivity contribution in [3.63, 3.8) is 0 Å². The molecule has 0 amide bonds. The van der Waals surface area contributed by atoms with E-state index in [1.165, 1.54) is 0 Å². The Morgan fingerprint density at radius 2 is 2.29 bits per heavy atom. The summed E-state index contributed by atoms with van der Waals surface area (Å²) in [6.45, 7) is -0.0838. The molecular weight excluding hydrogens is 200 g/mol. The van der Waals surface area contributed by atoms with Gasteiger partial charge in [-0.15, -0.1) is 0 Å². The molecule has 0 saturated heterocycles. The van der Waals surface area contributed by atoms with E-state index >= 15 is 0 Å². The Morgan fingerprint density at radius 1 is 1.43 bits per heavy atom. The number of hydrogen-bond acceptors (Lipinski definition) is 2. The number of aromatic nitrogens is 2. The molecule has 0 atom stereocenters. The van der Waals surface area contributed by atoms with Gasteiger partial charge in [-0.05, 0) is 18.2 Å². The summed E-state index contributed by atoms with van der Waals surface area (Å²) < 4.78 is 1.80. The molecule has 0 spiro atoms. The van der Waals surface area contributed by atoms with Crippen molar-refractivity contribution in [2.45, 2.75) is 6.61 Å². The van der Waals surface area contributed by atoms with Crippen LogP contribution in [0.2, 0.25) is 5.02 Å². The third-order valence-electron chi connectivity index (χ3n) is 1.95. The molecule has 1 heterocycles. The number of nitrogens with zero attached hydrogens (tertiary/aromatic N) is 2. The van der Waals surface area contributed by atoms with Crippen LogP contribution in [0.4, 0.5) is 0 Å². The van der Waals surface area contributed by atoms with Gasteiger partial charge in [-0.3, -0.25) is 0 Å². The summed E-state index contributed by atoms with van der Waals surface area (Å²) in [5, 5.41) is 9.69. The summed E-state index contributed by atoms with van der Waals surface area (Å²) in [7, 11) is 0. The van der Waals surface area contributed by atoms with Crippen molar-refractivity contribution in [1.29, 1.82) is 0 Å². The van der Waals surface area contributed by atoms with Gasteiger partial charge in [0.05, 0.1) is 0 Å². The molecule has 3 nitrogen and oxygen atoms in total. The van der Waals surface area contributed by atoms with E-state index in [-0.39, 0.29) is 6.61 Å². The minimum atomic E-state index is -0.0838. The van der Waals surface area contributed by atoms with Crippen molar-refractivity contribution in [1.82, 2.24) is 9.55 Å². The smallest absolute Gasteiger partial charge is 0.139 e. The quantitative estimate of drug-likeness (QED) is 0.820. The lowest BCUT2D eigenvalue weighted by Gasteiger charge is -2.05. The fourth-order valence-corrected chi connectivity index (χ4v) is 1.50. The van der Waals surface area contributed by atoms with E-state index in [2.05, 4.69) is 4.98 Å². The van der Waals surface area contributed by atoms with Crippen LogP contribution >= 0.6 is 11.6 Å². The summed E-state index contributed by atoms with van der Waals surface area (Å²) in [6, 6.07) is 7.40. The maximum absolute atomic E-state index is 9.02. The van der Waals surface area contributed by atoms with E-state index in [9.17, 15) is 0 Å². The average Bonchev–Trinajstić information content (AvgIpc) is 2.65. The van der Waals surface area contributed by atoms with Crippen LogP contribution in [-0.4, -0.2) is 14.7 Å². The first-order valence-corrected chi connectivity index (χ1v) is 4.58. The molecule has 0 radical (unpaired) electrons. The highest BCUT2D eigenvalue weighted by molar-refractivity contribution is 6.30. The Kier molecular flexibility index (Phi) is 2.52. The number of halogens is 1. The van der Waals surface area contributed by atoms with Gasteiger partial charge in [-0.2, -0.15) is 0 Å². The van der Waals surface area contributed by atoms with Gasteiger partial charge in [0, 0.05) is 23.1 Å². The molecule has 0 fully saturated rings. The van der Waals surface area contributed by atoms with Crippen molar-refractivity contribution < 1.29 is 5.11 Å². The van der Waals surface area contributed by atoms with Crippen LogP contribution in [-0.2, 0) is 6.61 Å². The Hall–Kier alpha value is -1.32. The second-order valence-corrected chi connectivity index (χ2v) is 3.29. The molecule has 0 unspecified atom stereocenters. The number of aliphatic hydroxyl groups excluding tert-OH is 1. The van der Waals surface area contributed by atoms with E-state index in [4.69, 9.17) is 16.7 Å². The van der Waals surface area contributed by atoms with E-state index < -0.39 is 0 Å². The first kappa shape index (κ1) is 9.24. The molecule has 14 heavy (non-hydrogen) atoms. The van der Waals surface area contributed by atoms with Crippen molar-refractivity contribution in [2.24, 2.45) is 0 Å². The van der Waals surface area contributed by atoms with Crippen molar-refractivity contribution >= 4 is 11.6 Å². The summed E-state index contributed by atoms with van der Waals surface area (Å²) in [4.78, 5) is 4.01. The van der Waals surface area contributed by atoms with Crippen LogP contribution in [0, 0.1) is 0 Å². The van der Waals surface area contributed by atoms with Gasteiger partial charge in [0.1, 0.15) is 12.4 Å². The fourth-order valence-electron chi connectivity index (χ4n) is 1.31. The Morgan fingerprint density at radius 3 is 3.00 bits per heavy atom. The SMILES string of the molecule is OCc1nccn1-c1cccc(Cl)c1. The molecule has 1 N–H and O–H groups in total. The van der Waals surface area contributed by atoms with Crippen molar-refractivity contribution in [3.8, 4) is 5.69 Å². The standard InChI is InChI=1S/C10H9ClN2O/c11-8-2-1-3-9(6-8)13-5-4-12-10(13)7-14/h1-6,14H,7H2. The maximum atomic E-state index is 9.02. The Bertz CT molecular complexity index is 439. The average molecular weight is 209 g/mol. The zero-order chi connectivity index (χ0) is 9.97. The molecule has 1 aromatic carbocycles. The highest BCUT2D eigenvalue weighted by atomic mass is 35.5. The molecule has 2 rings (SSSR count). The minimum absolute atomic E-state index is 0.0838. The molecule has 2 aromatic rings. The van der Waals surface area contributed by atoms with Gasteiger partial charge in [0.25, 0.3) is 0 Å². The number of benzene rings is 1. The molecule has 4 heteroatoms. The first-order valence-electron chi connectivity index (χ1n) is 4.20. The van der Waals surface area contributed by atoms with Crippen LogP contribution in [0.5, 0.6) is 0 Å². The molecule has 1 aromatic heterocycles. The second-order valence-electron chi connectivity index (χ2n) is 2.85. The van der Waals surface area contributed by atoms with Gasteiger partial charge in [-0.25, -0.2) is 4.98 Å². The van der Waals surface area contributed by atoms with E-state index in [1.807, 2.05) is 18.2 Å². The lowest BCUT2D eigenvalue weighted by molar-refractivity contribution is 0.269. The van der Waals surface area contributed by atoms with Crippen molar-refractivity contribution in [2.75, 3.05) is 0 Å². The summed E-state index contributed by atoms with van der Waals surface area (Å²) in [6.07, 6.45) is 3.43. The van der Waals surface area contributed by atoms with Gasteiger partial charge >= 0.3 is 0 Å². The van der Waals surface area contributed by atoms with Gasteiger partial charge in [0.15, 0.2) is 0 Å². The van der Waals surface area contributed by atoms with Crippen LogP contribution in [0.15, 0.2) is 36.7 Å². The lowest BCUT2D eigenvalue weighted by Crippen LogP contribution is -1.99. The monoisotopic (exact) mass is 208 g/mol. The molecular formula is C10H9ClN2O. The number of rotatable bonds is 2. The molecule has 0 aliphatic heterocycles. The van der Waals surface area contributed by atoms with Gasteiger partial charge < -0.3 is 9.67 Å². The predicted molar refractivity (Wildman–Crippen MR) is 54.5 cm³/mol. The summed E-state index contributed by atoms with van der Waals surface area (Å²) in [5.74, 6) is 0.604. The third-order valence-corrected chi connectivity index (χ3v) is 2.18. The first-order chi connectivity index (χ1) is 6.81. The van der Waals surface area contributed by atoms with E-state index in [0.29, 0.717) is 10.8 Å². The van der Waals surface area contributed by atoms with Crippen molar-refractivity contribution in [3.05, 3.63) is 47.5 Å². The zero-order valence-electron chi connectivity index (χ0n) is 7.39. The van der Waals surface area contributed by atoms with Crippen LogP contribution in [0.3, 0.4) is 0 Å². The van der Waals surface area contributed by atoms with Crippen LogP contribution in [0.1, 0.15) is 5.82 Å². The maximum Gasteiger partial charge on any atom is 0.139 e. The van der Waals surface area contributed by atoms with E-state index in [1.54, 1.807) is 23.0 Å². The topological polar surface area (TPSA) is 38.1 Å². The highest BCUT2D eigenvalue weighted by Crippen LogP contribution is 2.15. The Balaban J connectivity index is 2.49. The normalized spacial score (nSPS) is 10.4.